The van der Waals surface area contributed by atoms with Gasteiger partial charge in [-0.15, -0.1) is 6.58 Å². The summed E-state index contributed by atoms with van der Waals surface area (Å²) in [4.78, 5) is 2.36. The third-order valence-corrected chi connectivity index (χ3v) is 2.31. The van der Waals surface area contributed by atoms with E-state index in [1.54, 1.807) is 0 Å². The van der Waals surface area contributed by atoms with Gasteiger partial charge in [0.25, 0.3) is 0 Å². The minimum Gasteiger partial charge on any atom is -0.315 e. The van der Waals surface area contributed by atoms with Crippen LogP contribution >= 0.6 is 0 Å². The summed E-state index contributed by atoms with van der Waals surface area (Å²) in [5.41, 5.74) is 0. The molecule has 1 saturated heterocycles. The first kappa shape index (κ1) is 8.75. The van der Waals surface area contributed by atoms with Crippen LogP contribution < -0.4 is 5.32 Å². The van der Waals surface area contributed by atoms with Crippen molar-refractivity contribution in [3.63, 3.8) is 0 Å². The van der Waals surface area contributed by atoms with Gasteiger partial charge in [0.05, 0.1) is 0 Å². The number of likely N-dealkylation sites (N-methyl/N-ethyl adjacent to an activating group) is 1. The van der Waals surface area contributed by atoms with E-state index in [-0.39, 0.29) is 0 Å². The Bertz CT molecular complexity index is 117. The Hall–Kier alpha value is -0.340. The van der Waals surface area contributed by atoms with Crippen molar-refractivity contribution in [3.8, 4) is 0 Å². The van der Waals surface area contributed by atoms with Crippen molar-refractivity contribution in [2.75, 3.05) is 26.7 Å². The summed E-state index contributed by atoms with van der Waals surface area (Å²) in [6, 6.07) is 0.724. The van der Waals surface area contributed by atoms with Gasteiger partial charge in [0, 0.05) is 19.1 Å². The molecule has 1 aliphatic heterocycles. The van der Waals surface area contributed by atoms with Gasteiger partial charge in [-0.25, -0.2) is 0 Å². The lowest BCUT2D eigenvalue weighted by molar-refractivity contribution is 0.221. The van der Waals surface area contributed by atoms with Gasteiger partial charge in [-0.3, -0.25) is 4.90 Å². The molecule has 0 amide bonds. The second kappa shape index (κ2) is 4.52. The summed E-state index contributed by atoms with van der Waals surface area (Å²) in [7, 11) is 2.17. The fourth-order valence-corrected chi connectivity index (χ4v) is 1.56. The second-order valence-electron chi connectivity index (χ2n) is 3.23. The van der Waals surface area contributed by atoms with E-state index in [0.717, 1.165) is 19.1 Å². The van der Waals surface area contributed by atoms with Gasteiger partial charge >= 0.3 is 0 Å². The fourth-order valence-electron chi connectivity index (χ4n) is 1.56. The molecule has 11 heavy (non-hydrogen) atoms. The molecule has 0 spiro atoms. The predicted molar refractivity (Wildman–Crippen MR) is 48.7 cm³/mol. The van der Waals surface area contributed by atoms with Crippen LogP contribution in [0.1, 0.15) is 12.8 Å². The highest BCUT2D eigenvalue weighted by molar-refractivity contribution is 4.80. The van der Waals surface area contributed by atoms with E-state index in [9.17, 15) is 0 Å². The quantitative estimate of drug-likeness (QED) is 0.606. The Morgan fingerprint density at radius 2 is 2.55 bits per heavy atom. The molecular formula is C9H18N2. The SMILES string of the molecule is C=CCN(C)C1CCCNC1. The van der Waals surface area contributed by atoms with Gasteiger partial charge in [-0.1, -0.05) is 6.08 Å². The molecule has 0 aromatic rings. The monoisotopic (exact) mass is 154 g/mol. The smallest absolute Gasteiger partial charge is 0.0221 e. The summed E-state index contributed by atoms with van der Waals surface area (Å²) in [6.07, 6.45) is 4.61. The van der Waals surface area contributed by atoms with Crippen LogP contribution in [0.2, 0.25) is 0 Å². The molecule has 1 unspecified atom stereocenters. The molecule has 1 rings (SSSR count). The zero-order chi connectivity index (χ0) is 8.10. The van der Waals surface area contributed by atoms with E-state index >= 15 is 0 Å². The summed E-state index contributed by atoms with van der Waals surface area (Å²) >= 11 is 0. The van der Waals surface area contributed by atoms with Crippen LogP contribution in [0.25, 0.3) is 0 Å². The van der Waals surface area contributed by atoms with Crippen LogP contribution in [0.4, 0.5) is 0 Å². The average molecular weight is 154 g/mol. The minimum atomic E-state index is 0.724. The van der Waals surface area contributed by atoms with Gasteiger partial charge < -0.3 is 5.32 Å². The molecule has 1 aliphatic rings. The highest BCUT2D eigenvalue weighted by Crippen LogP contribution is 2.07. The molecule has 0 aromatic heterocycles. The van der Waals surface area contributed by atoms with Crippen molar-refractivity contribution in [2.45, 2.75) is 18.9 Å². The molecule has 1 atom stereocenters. The lowest BCUT2D eigenvalue weighted by Crippen LogP contribution is -2.44. The highest BCUT2D eigenvalue weighted by atomic mass is 15.1. The van der Waals surface area contributed by atoms with E-state index in [1.807, 2.05) is 6.08 Å². The Morgan fingerprint density at radius 3 is 3.09 bits per heavy atom. The van der Waals surface area contributed by atoms with E-state index < -0.39 is 0 Å². The maximum absolute atomic E-state index is 3.73. The van der Waals surface area contributed by atoms with Crippen molar-refractivity contribution in [3.05, 3.63) is 12.7 Å². The number of nitrogens with zero attached hydrogens (tertiary/aromatic N) is 1. The first-order valence-corrected chi connectivity index (χ1v) is 4.36. The summed E-state index contributed by atoms with van der Waals surface area (Å²) in [6.45, 7) is 7.08. The van der Waals surface area contributed by atoms with Crippen LogP contribution in [0, 0.1) is 0 Å². The first-order chi connectivity index (χ1) is 5.34. The third kappa shape index (κ3) is 2.64. The molecule has 0 radical (unpaired) electrons. The molecule has 1 fully saturated rings. The molecule has 64 valence electrons. The molecule has 0 saturated carbocycles. The predicted octanol–water partition coefficient (Wildman–Crippen LogP) is 0.856. The van der Waals surface area contributed by atoms with Crippen molar-refractivity contribution >= 4 is 0 Å². The van der Waals surface area contributed by atoms with E-state index in [4.69, 9.17) is 0 Å². The summed E-state index contributed by atoms with van der Waals surface area (Å²) in [5, 5.41) is 3.40. The number of rotatable bonds is 3. The molecule has 0 aliphatic carbocycles. The molecule has 2 heteroatoms. The lowest BCUT2D eigenvalue weighted by Gasteiger charge is -2.30. The van der Waals surface area contributed by atoms with Crippen LogP contribution in [0.3, 0.4) is 0 Å². The Kier molecular flexibility index (Phi) is 3.60. The van der Waals surface area contributed by atoms with Gasteiger partial charge in [0.2, 0.25) is 0 Å². The van der Waals surface area contributed by atoms with Crippen LogP contribution in [-0.2, 0) is 0 Å². The Morgan fingerprint density at radius 1 is 1.73 bits per heavy atom. The van der Waals surface area contributed by atoms with Gasteiger partial charge in [0.15, 0.2) is 0 Å². The van der Waals surface area contributed by atoms with Gasteiger partial charge in [-0.05, 0) is 26.4 Å². The maximum atomic E-state index is 3.73. The summed E-state index contributed by atoms with van der Waals surface area (Å²) in [5.74, 6) is 0. The molecule has 0 bridgehead atoms. The molecule has 1 N–H and O–H groups in total. The van der Waals surface area contributed by atoms with E-state index in [0.29, 0.717) is 0 Å². The van der Waals surface area contributed by atoms with E-state index in [1.165, 1.54) is 19.4 Å². The Balaban J connectivity index is 2.26. The fraction of sp³-hybridized carbons (Fsp3) is 0.778. The zero-order valence-electron chi connectivity index (χ0n) is 7.34. The standard InChI is InChI=1S/C9H18N2/c1-3-7-11(2)9-5-4-6-10-8-9/h3,9-10H,1,4-8H2,2H3. The van der Waals surface area contributed by atoms with Gasteiger partial charge in [-0.2, -0.15) is 0 Å². The van der Waals surface area contributed by atoms with E-state index in [2.05, 4.69) is 23.8 Å². The first-order valence-electron chi connectivity index (χ1n) is 4.36. The molecule has 1 heterocycles. The highest BCUT2D eigenvalue weighted by Gasteiger charge is 2.15. The molecular weight excluding hydrogens is 136 g/mol. The average Bonchev–Trinajstić information content (AvgIpc) is 2.07. The van der Waals surface area contributed by atoms with Crippen LogP contribution in [-0.4, -0.2) is 37.6 Å². The topological polar surface area (TPSA) is 15.3 Å². The van der Waals surface area contributed by atoms with Crippen LogP contribution in [0.5, 0.6) is 0 Å². The zero-order valence-corrected chi connectivity index (χ0v) is 7.34. The third-order valence-electron chi connectivity index (χ3n) is 2.31. The molecule has 2 nitrogen and oxygen atoms in total. The lowest BCUT2D eigenvalue weighted by atomic mass is 10.1. The van der Waals surface area contributed by atoms with Crippen molar-refractivity contribution < 1.29 is 0 Å². The van der Waals surface area contributed by atoms with Crippen molar-refractivity contribution in [1.82, 2.24) is 10.2 Å². The number of piperidine rings is 1. The number of hydrogen-bond acceptors (Lipinski definition) is 2. The summed E-state index contributed by atoms with van der Waals surface area (Å²) < 4.78 is 0. The maximum Gasteiger partial charge on any atom is 0.0221 e. The van der Waals surface area contributed by atoms with Crippen molar-refractivity contribution in [1.29, 1.82) is 0 Å². The number of nitrogens with one attached hydrogen (secondary N) is 1. The number of hydrogen-bond donors (Lipinski definition) is 1. The minimum absolute atomic E-state index is 0.724. The van der Waals surface area contributed by atoms with Crippen LogP contribution in [0.15, 0.2) is 12.7 Å². The normalized spacial score (nSPS) is 25.5. The van der Waals surface area contributed by atoms with Crippen molar-refractivity contribution in [2.24, 2.45) is 0 Å². The second-order valence-corrected chi connectivity index (χ2v) is 3.23. The largest absolute Gasteiger partial charge is 0.315 e. The Labute approximate surface area is 69.3 Å². The van der Waals surface area contributed by atoms with Gasteiger partial charge in [0.1, 0.15) is 0 Å². The molecule has 0 aromatic carbocycles.